The van der Waals surface area contributed by atoms with Gasteiger partial charge in [0, 0.05) is 10.8 Å². The molecule has 0 aliphatic carbocycles. The summed E-state index contributed by atoms with van der Waals surface area (Å²) in [6.07, 6.45) is 0. The zero-order valence-electron chi connectivity index (χ0n) is 5.92. The van der Waals surface area contributed by atoms with Crippen LogP contribution in [0.15, 0.2) is 10.8 Å². The number of thiophene rings is 2. The van der Waals surface area contributed by atoms with E-state index in [9.17, 15) is 0 Å². The minimum atomic E-state index is 0.823. The number of fused-ring (bicyclic) bond motifs is 1. The first-order valence-electron chi connectivity index (χ1n) is 3.18. The van der Waals surface area contributed by atoms with E-state index < -0.39 is 0 Å². The van der Waals surface area contributed by atoms with Gasteiger partial charge in [-0.15, -0.1) is 22.7 Å². The standard InChI is InChI=1S/C8H5NS2/c1-5-3-10-8-7(5)6(2-9)4-11-8/h3-4H,1H3. The fourth-order valence-corrected chi connectivity index (χ4v) is 3.17. The van der Waals surface area contributed by atoms with E-state index in [2.05, 4.69) is 11.4 Å². The van der Waals surface area contributed by atoms with Crippen molar-refractivity contribution in [1.29, 1.82) is 5.26 Å². The number of hydrogen-bond acceptors (Lipinski definition) is 3. The van der Waals surface area contributed by atoms with E-state index in [4.69, 9.17) is 5.26 Å². The van der Waals surface area contributed by atoms with Crippen LogP contribution in [0.3, 0.4) is 0 Å². The van der Waals surface area contributed by atoms with Gasteiger partial charge in [0.25, 0.3) is 0 Å². The molecule has 0 fully saturated rings. The van der Waals surface area contributed by atoms with Crippen LogP contribution >= 0.6 is 22.7 Å². The Morgan fingerprint density at radius 2 is 2.09 bits per heavy atom. The summed E-state index contributed by atoms with van der Waals surface area (Å²) >= 11 is 3.37. The molecule has 0 radical (unpaired) electrons. The number of nitriles is 1. The van der Waals surface area contributed by atoms with Crippen LogP contribution < -0.4 is 0 Å². The summed E-state index contributed by atoms with van der Waals surface area (Å²) in [5.74, 6) is 0. The van der Waals surface area contributed by atoms with Crippen molar-refractivity contribution in [2.45, 2.75) is 6.92 Å². The van der Waals surface area contributed by atoms with Crippen molar-refractivity contribution in [3.05, 3.63) is 21.9 Å². The van der Waals surface area contributed by atoms with Gasteiger partial charge in [0.1, 0.15) is 6.07 Å². The molecule has 2 aromatic heterocycles. The Balaban J connectivity index is 2.94. The van der Waals surface area contributed by atoms with Gasteiger partial charge >= 0.3 is 0 Å². The van der Waals surface area contributed by atoms with E-state index in [1.807, 2.05) is 12.3 Å². The number of aryl methyl sites for hydroxylation is 1. The Kier molecular flexibility index (Phi) is 1.45. The van der Waals surface area contributed by atoms with Gasteiger partial charge in [-0.3, -0.25) is 0 Å². The SMILES string of the molecule is Cc1csc2scc(C#N)c12. The van der Waals surface area contributed by atoms with Crippen LogP contribution in [0.1, 0.15) is 11.1 Å². The highest BCUT2D eigenvalue weighted by Crippen LogP contribution is 2.33. The first kappa shape index (κ1) is 6.84. The number of hydrogen-bond donors (Lipinski definition) is 0. The average molecular weight is 179 g/mol. The van der Waals surface area contributed by atoms with Gasteiger partial charge in [0.15, 0.2) is 0 Å². The lowest BCUT2D eigenvalue weighted by Gasteiger charge is -1.82. The molecular weight excluding hydrogens is 174 g/mol. The van der Waals surface area contributed by atoms with Gasteiger partial charge in [-0.1, -0.05) is 0 Å². The second-order valence-electron chi connectivity index (χ2n) is 2.34. The molecule has 0 atom stereocenters. The fraction of sp³-hybridized carbons (Fsp3) is 0.125. The van der Waals surface area contributed by atoms with Crippen LogP contribution in [0, 0.1) is 18.3 Å². The van der Waals surface area contributed by atoms with E-state index in [-0.39, 0.29) is 0 Å². The van der Waals surface area contributed by atoms with Crippen LogP contribution in [0.25, 0.3) is 9.40 Å². The highest BCUT2D eigenvalue weighted by molar-refractivity contribution is 7.37. The maximum Gasteiger partial charge on any atom is 0.101 e. The van der Waals surface area contributed by atoms with Crippen LogP contribution in [0.5, 0.6) is 0 Å². The average Bonchev–Trinajstić information content (AvgIpc) is 2.54. The van der Waals surface area contributed by atoms with Gasteiger partial charge in [-0.2, -0.15) is 5.26 Å². The topological polar surface area (TPSA) is 23.8 Å². The lowest BCUT2D eigenvalue weighted by atomic mass is 10.2. The Morgan fingerprint density at radius 3 is 2.82 bits per heavy atom. The third kappa shape index (κ3) is 0.873. The second-order valence-corrected chi connectivity index (χ2v) is 4.36. The van der Waals surface area contributed by atoms with Gasteiger partial charge in [0.2, 0.25) is 0 Å². The van der Waals surface area contributed by atoms with E-state index >= 15 is 0 Å². The molecule has 0 aromatic carbocycles. The number of nitrogens with zero attached hydrogens (tertiary/aromatic N) is 1. The summed E-state index contributed by atoms with van der Waals surface area (Å²) < 4.78 is 1.26. The summed E-state index contributed by atoms with van der Waals surface area (Å²) in [7, 11) is 0. The van der Waals surface area contributed by atoms with E-state index in [0.717, 1.165) is 10.9 Å². The molecular formula is C8H5NS2. The number of rotatable bonds is 0. The Bertz CT molecular complexity index is 430. The monoisotopic (exact) mass is 179 g/mol. The van der Waals surface area contributed by atoms with E-state index in [1.54, 1.807) is 22.7 Å². The van der Waals surface area contributed by atoms with E-state index in [1.165, 1.54) is 9.58 Å². The fourth-order valence-electron chi connectivity index (χ4n) is 1.08. The molecule has 3 heteroatoms. The summed E-state index contributed by atoms with van der Waals surface area (Å²) in [4.78, 5) is 0. The predicted octanol–water partition coefficient (Wildman–Crippen LogP) is 3.14. The minimum absolute atomic E-state index is 0.823. The molecule has 0 aliphatic rings. The molecule has 54 valence electrons. The summed E-state index contributed by atoms with van der Waals surface area (Å²) in [5, 5.41) is 13.9. The highest BCUT2D eigenvalue weighted by Gasteiger charge is 2.06. The minimum Gasteiger partial charge on any atom is -0.192 e. The Morgan fingerprint density at radius 1 is 1.36 bits per heavy atom. The maximum absolute atomic E-state index is 8.73. The van der Waals surface area contributed by atoms with E-state index in [0.29, 0.717) is 0 Å². The first-order chi connectivity index (χ1) is 5.33. The predicted molar refractivity (Wildman–Crippen MR) is 49.2 cm³/mol. The van der Waals surface area contributed by atoms with Crippen molar-refractivity contribution >= 4 is 32.1 Å². The normalized spacial score (nSPS) is 10.2. The van der Waals surface area contributed by atoms with Crippen molar-refractivity contribution in [2.24, 2.45) is 0 Å². The van der Waals surface area contributed by atoms with Gasteiger partial charge in [0.05, 0.1) is 9.58 Å². The molecule has 0 spiro atoms. The molecule has 2 rings (SSSR count). The largest absolute Gasteiger partial charge is 0.192 e. The Labute approximate surface area is 72.5 Å². The summed E-state index contributed by atoms with van der Waals surface area (Å²) in [5.41, 5.74) is 2.05. The molecule has 0 unspecified atom stereocenters. The molecule has 1 nitrogen and oxygen atoms in total. The van der Waals surface area contributed by atoms with Crippen LogP contribution in [0.4, 0.5) is 0 Å². The van der Waals surface area contributed by atoms with Crippen molar-refractivity contribution in [3.63, 3.8) is 0 Å². The van der Waals surface area contributed by atoms with Crippen molar-refractivity contribution in [2.75, 3.05) is 0 Å². The zero-order chi connectivity index (χ0) is 7.84. The summed E-state index contributed by atoms with van der Waals surface area (Å²) in [6, 6.07) is 2.19. The molecule has 11 heavy (non-hydrogen) atoms. The smallest absolute Gasteiger partial charge is 0.101 e. The first-order valence-corrected chi connectivity index (χ1v) is 4.94. The third-order valence-electron chi connectivity index (χ3n) is 1.61. The van der Waals surface area contributed by atoms with Gasteiger partial charge in [-0.05, 0) is 17.9 Å². The lowest BCUT2D eigenvalue weighted by Crippen LogP contribution is -1.67. The zero-order valence-corrected chi connectivity index (χ0v) is 7.55. The molecule has 0 amide bonds. The third-order valence-corrected chi connectivity index (χ3v) is 3.85. The molecule has 0 saturated carbocycles. The van der Waals surface area contributed by atoms with Crippen molar-refractivity contribution in [1.82, 2.24) is 0 Å². The van der Waals surface area contributed by atoms with Crippen LogP contribution in [0.2, 0.25) is 0 Å². The maximum atomic E-state index is 8.73. The lowest BCUT2D eigenvalue weighted by molar-refractivity contribution is 1.51. The molecule has 0 saturated heterocycles. The van der Waals surface area contributed by atoms with Crippen LogP contribution in [-0.4, -0.2) is 0 Å². The van der Waals surface area contributed by atoms with Gasteiger partial charge in [-0.25, -0.2) is 0 Å². The van der Waals surface area contributed by atoms with Crippen molar-refractivity contribution in [3.8, 4) is 6.07 Å². The molecule has 0 N–H and O–H groups in total. The molecule has 0 aliphatic heterocycles. The van der Waals surface area contributed by atoms with Crippen molar-refractivity contribution < 1.29 is 0 Å². The summed E-state index contributed by atoms with van der Waals surface area (Å²) in [6.45, 7) is 2.05. The molecule has 2 heterocycles. The highest BCUT2D eigenvalue weighted by atomic mass is 32.2. The Hall–Kier alpha value is -0.850. The quantitative estimate of drug-likeness (QED) is 0.609. The van der Waals surface area contributed by atoms with Gasteiger partial charge < -0.3 is 0 Å². The second kappa shape index (κ2) is 2.33. The molecule has 0 bridgehead atoms. The molecule has 2 aromatic rings. The van der Waals surface area contributed by atoms with Crippen LogP contribution in [-0.2, 0) is 0 Å².